The maximum absolute atomic E-state index is 13.3. The Kier molecular flexibility index (Phi) is 9.87. The molecule has 0 aliphatic carbocycles. The molecule has 0 heterocycles. The number of nitrogens with zero attached hydrogens (tertiary/aromatic N) is 2. The second-order valence-corrected chi connectivity index (χ2v) is 9.93. The van der Waals surface area contributed by atoms with E-state index in [4.69, 9.17) is 0 Å². The first-order valence-electron chi connectivity index (χ1n) is 10.8. The van der Waals surface area contributed by atoms with Gasteiger partial charge in [-0.15, -0.1) is 0 Å². The molecule has 0 bridgehead atoms. The summed E-state index contributed by atoms with van der Waals surface area (Å²) in [5, 5.41) is 2.96. The van der Waals surface area contributed by atoms with Crippen LogP contribution < -0.4 is 5.32 Å². The lowest BCUT2D eigenvalue weighted by molar-refractivity contribution is -0.141. The zero-order chi connectivity index (χ0) is 23.6. The molecule has 0 radical (unpaired) electrons. The first kappa shape index (κ1) is 25.5. The molecular weight excluding hydrogens is 426 g/mol. The Hall–Kier alpha value is -2.71. The lowest BCUT2D eigenvalue weighted by Crippen LogP contribution is -2.47. The molecule has 1 atom stereocenters. The Bertz CT molecular complexity index is 965. The van der Waals surface area contributed by atoms with Crippen LogP contribution in [0.2, 0.25) is 0 Å². The van der Waals surface area contributed by atoms with E-state index in [9.17, 15) is 18.0 Å². The van der Waals surface area contributed by atoms with Gasteiger partial charge in [-0.2, -0.15) is 4.31 Å². The van der Waals surface area contributed by atoms with Gasteiger partial charge in [0.25, 0.3) is 0 Å². The zero-order valence-electron chi connectivity index (χ0n) is 19.0. The highest BCUT2D eigenvalue weighted by atomic mass is 32.2. The molecule has 0 aliphatic heterocycles. The van der Waals surface area contributed by atoms with E-state index in [0.29, 0.717) is 12.1 Å². The molecule has 0 saturated carbocycles. The van der Waals surface area contributed by atoms with Gasteiger partial charge in [-0.25, -0.2) is 8.42 Å². The Labute approximate surface area is 191 Å². The summed E-state index contributed by atoms with van der Waals surface area (Å²) in [5.74, 6) is -0.724. The molecule has 0 fully saturated rings. The van der Waals surface area contributed by atoms with Crippen molar-refractivity contribution in [2.24, 2.45) is 0 Å². The van der Waals surface area contributed by atoms with Gasteiger partial charge in [0, 0.05) is 20.1 Å². The fourth-order valence-electron chi connectivity index (χ4n) is 3.29. The van der Waals surface area contributed by atoms with Crippen LogP contribution in [0.1, 0.15) is 43.4 Å². The maximum atomic E-state index is 13.3. The predicted octanol–water partition coefficient (Wildman–Crippen LogP) is 2.95. The van der Waals surface area contributed by atoms with E-state index in [1.807, 2.05) is 60.7 Å². The van der Waals surface area contributed by atoms with E-state index in [1.165, 1.54) is 11.9 Å². The minimum absolute atomic E-state index is 0.180. The minimum atomic E-state index is -3.55. The van der Waals surface area contributed by atoms with Crippen molar-refractivity contribution in [2.75, 3.05) is 26.4 Å². The molecular formula is C24H33N3O4S. The number of sulfonamides is 1. The van der Waals surface area contributed by atoms with Crippen LogP contribution in [-0.2, 0) is 26.2 Å². The molecule has 2 aromatic carbocycles. The molecule has 32 heavy (non-hydrogen) atoms. The van der Waals surface area contributed by atoms with Gasteiger partial charge in [-0.05, 0) is 17.5 Å². The fourth-order valence-corrected chi connectivity index (χ4v) is 3.64. The topological polar surface area (TPSA) is 86.8 Å². The Morgan fingerprint density at radius 3 is 2.12 bits per heavy atom. The zero-order valence-corrected chi connectivity index (χ0v) is 19.8. The quantitative estimate of drug-likeness (QED) is 0.495. The Morgan fingerprint density at radius 1 is 0.969 bits per heavy atom. The molecule has 174 valence electrons. The van der Waals surface area contributed by atoms with Gasteiger partial charge in [0.2, 0.25) is 21.8 Å². The molecule has 0 saturated heterocycles. The largest absolute Gasteiger partial charge is 0.354 e. The number of likely N-dealkylation sites (N-methyl/N-ethyl adjacent to an activating group) is 1. The standard InChI is InChI=1S/C24H33N3O4S/c1-4-5-12-17-25-24(29)23(21-15-10-7-11-16-21)27(18-20-13-8-6-9-14-20)22(28)19-26(2)32(3,30)31/h6-11,13-16,23H,4-5,12,17-19H2,1-3H3,(H,25,29)/t23-/m0/s1. The van der Waals surface area contributed by atoms with Gasteiger partial charge in [0.1, 0.15) is 6.04 Å². The summed E-state index contributed by atoms with van der Waals surface area (Å²) in [6.45, 7) is 2.44. The van der Waals surface area contributed by atoms with Gasteiger partial charge >= 0.3 is 0 Å². The predicted molar refractivity (Wildman–Crippen MR) is 126 cm³/mol. The lowest BCUT2D eigenvalue weighted by atomic mass is 10.0. The molecule has 0 spiro atoms. The van der Waals surface area contributed by atoms with E-state index in [2.05, 4.69) is 12.2 Å². The van der Waals surface area contributed by atoms with Crippen molar-refractivity contribution in [3.8, 4) is 0 Å². The second kappa shape index (κ2) is 12.4. The molecule has 8 heteroatoms. The highest BCUT2D eigenvalue weighted by Crippen LogP contribution is 2.24. The third-order valence-electron chi connectivity index (χ3n) is 5.20. The van der Waals surface area contributed by atoms with Crippen molar-refractivity contribution in [2.45, 2.75) is 38.8 Å². The second-order valence-electron chi connectivity index (χ2n) is 7.84. The maximum Gasteiger partial charge on any atom is 0.247 e. The fraction of sp³-hybridized carbons (Fsp3) is 0.417. The summed E-state index contributed by atoms with van der Waals surface area (Å²) < 4.78 is 24.8. The van der Waals surface area contributed by atoms with E-state index in [0.717, 1.165) is 35.4 Å². The summed E-state index contributed by atoms with van der Waals surface area (Å²) in [7, 11) is -2.19. The van der Waals surface area contributed by atoms with Crippen LogP contribution in [0, 0.1) is 0 Å². The number of nitrogens with one attached hydrogen (secondary N) is 1. The molecule has 0 aromatic heterocycles. The van der Waals surface area contributed by atoms with E-state index >= 15 is 0 Å². The molecule has 7 nitrogen and oxygen atoms in total. The summed E-state index contributed by atoms with van der Waals surface area (Å²) >= 11 is 0. The first-order valence-corrected chi connectivity index (χ1v) is 12.7. The third kappa shape index (κ3) is 7.76. The number of amides is 2. The number of hydrogen-bond acceptors (Lipinski definition) is 4. The molecule has 2 rings (SSSR count). The number of benzene rings is 2. The molecule has 2 amide bonds. The van der Waals surface area contributed by atoms with E-state index in [1.54, 1.807) is 0 Å². The molecule has 0 aliphatic rings. The number of rotatable bonds is 12. The molecule has 0 unspecified atom stereocenters. The highest BCUT2D eigenvalue weighted by Gasteiger charge is 2.32. The van der Waals surface area contributed by atoms with Crippen LogP contribution in [0.15, 0.2) is 60.7 Å². The average Bonchev–Trinajstić information content (AvgIpc) is 2.77. The van der Waals surface area contributed by atoms with Crippen molar-refractivity contribution in [3.63, 3.8) is 0 Å². The van der Waals surface area contributed by atoms with Gasteiger partial charge in [0.15, 0.2) is 0 Å². The monoisotopic (exact) mass is 459 g/mol. The third-order valence-corrected chi connectivity index (χ3v) is 6.46. The average molecular weight is 460 g/mol. The Balaban J connectivity index is 2.40. The van der Waals surface area contributed by atoms with Crippen LogP contribution >= 0.6 is 0 Å². The van der Waals surface area contributed by atoms with Gasteiger partial charge < -0.3 is 10.2 Å². The normalized spacial score (nSPS) is 12.4. The SMILES string of the molecule is CCCCCNC(=O)[C@H](c1ccccc1)N(Cc1ccccc1)C(=O)CN(C)S(C)(=O)=O. The van der Waals surface area contributed by atoms with Gasteiger partial charge in [-0.3, -0.25) is 9.59 Å². The summed E-state index contributed by atoms with van der Waals surface area (Å²) in [6.07, 6.45) is 3.95. The van der Waals surface area contributed by atoms with Crippen LogP contribution in [0.4, 0.5) is 0 Å². The smallest absolute Gasteiger partial charge is 0.247 e. The van der Waals surface area contributed by atoms with E-state index in [-0.39, 0.29) is 19.0 Å². The minimum Gasteiger partial charge on any atom is -0.354 e. The number of unbranched alkanes of at least 4 members (excludes halogenated alkanes) is 2. The van der Waals surface area contributed by atoms with Crippen LogP contribution in [0.3, 0.4) is 0 Å². The lowest BCUT2D eigenvalue weighted by Gasteiger charge is -2.32. The number of carbonyl (C=O) groups excluding carboxylic acids is 2. The highest BCUT2D eigenvalue weighted by molar-refractivity contribution is 7.88. The van der Waals surface area contributed by atoms with Gasteiger partial charge in [0.05, 0.1) is 12.8 Å². The number of carbonyl (C=O) groups is 2. The van der Waals surface area contributed by atoms with Crippen molar-refractivity contribution in [3.05, 3.63) is 71.8 Å². The molecule has 1 N–H and O–H groups in total. The van der Waals surface area contributed by atoms with Crippen molar-refractivity contribution >= 4 is 21.8 Å². The van der Waals surface area contributed by atoms with Crippen LogP contribution in [0.5, 0.6) is 0 Å². The van der Waals surface area contributed by atoms with Crippen LogP contribution in [0.25, 0.3) is 0 Å². The van der Waals surface area contributed by atoms with E-state index < -0.39 is 22.0 Å². The van der Waals surface area contributed by atoms with Crippen LogP contribution in [-0.4, -0.2) is 55.8 Å². The van der Waals surface area contributed by atoms with Crippen molar-refractivity contribution in [1.82, 2.24) is 14.5 Å². The summed E-state index contributed by atoms with van der Waals surface area (Å²) in [5.41, 5.74) is 1.52. The summed E-state index contributed by atoms with van der Waals surface area (Å²) in [6, 6.07) is 17.6. The molecule has 2 aromatic rings. The summed E-state index contributed by atoms with van der Waals surface area (Å²) in [4.78, 5) is 28.1. The first-order chi connectivity index (χ1) is 15.2. The van der Waals surface area contributed by atoms with Crippen molar-refractivity contribution in [1.29, 1.82) is 0 Å². The van der Waals surface area contributed by atoms with Crippen molar-refractivity contribution < 1.29 is 18.0 Å². The Morgan fingerprint density at radius 2 is 1.56 bits per heavy atom. The van der Waals surface area contributed by atoms with Gasteiger partial charge in [-0.1, -0.05) is 80.4 Å². The number of hydrogen-bond donors (Lipinski definition) is 1.